The number of rotatable bonds is 9. The van der Waals surface area contributed by atoms with Crippen molar-refractivity contribution < 1.29 is 19.1 Å². The second-order valence-electron chi connectivity index (χ2n) is 7.19. The highest BCUT2D eigenvalue weighted by molar-refractivity contribution is 7.07. The number of hydrazine groups is 1. The molecule has 172 valence electrons. The number of carbonyl (C=O) groups excluding carboxylic acids is 3. The van der Waals surface area contributed by atoms with Crippen LogP contribution in [0.25, 0.3) is 0 Å². The number of nitrogens with one attached hydrogen (secondary N) is 4. The summed E-state index contributed by atoms with van der Waals surface area (Å²) < 4.78 is 5.33. The number of anilines is 3. The monoisotopic (exact) mass is 468 g/mol. The zero-order valence-electron chi connectivity index (χ0n) is 18.3. The number of aromatic nitrogens is 1. The lowest BCUT2D eigenvalue weighted by Gasteiger charge is -2.14. The van der Waals surface area contributed by atoms with Crippen molar-refractivity contribution in [3.63, 3.8) is 0 Å². The fraction of sp³-hybridized carbons (Fsp3) is 0.182. The number of hydrogen-bond acceptors (Lipinski definition) is 8. The lowest BCUT2D eigenvalue weighted by Crippen LogP contribution is -2.29. The summed E-state index contributed by atoms with van der Waals surface area (Å²) >= 11 is 1.32. The van der Waals surface area contributed by atoms with Gasteiger partial charge >= 0.3 is 0 Å². The molecule has 1 heterocycles. The van der Waals surface area contributed by atoms with Gasteiger partial charge in [-0.05, 0) is 56.6 Å². The Hall–Kier alpha value is -3.96. The van der Waals surface area contributed by atoms with E-state index in [2.05, 4.69) is 26.5 Å². The van der Waals surface area contributed by atoms with Crippen molar-refractivity contribution in [2.24, 2.45) is 0 Å². The standard InChI is InChI=1S/C22H24N6O4S/c1-28(2)11-20(29)24-15-6-4-14(5-7-15)21(30)25-17-10-16(8-9-19(17)32-3)26-27-22(31)18-12-33-13-23-18/h4-10,12-13,26H,11H2,1-3H3,(H,24,29)(H,25,30)(H,27,31). The molecule has 0 aliphatic heterocycles. The third-order valence-corrected chi connectivity index (χ3v) is 4.91. The second kappa shape index (κ2) is 11.1. The average Bonchev–Trinajstić information content (AvgIpc) is 3.32. The van der Waals surface area contributed by atoms with Gasteiger partial charge in [-0.3, -0.25) is 25.2 Å². The predicted octanol–water partition coefficient (Wildman–Crippen LogP) is 2.66. The van der Waals surface area contributed by atoms with Gasteiger partial charge in [0.1, 0.15) is 11.4 Å². The highest BCUT2D eigenvalue weighted by Crippen LogP contribution is 2.28. The largest absolute Gasteiger partial charge is 0.495 e. The summed E-state index contributed by atoms with van der Waals surface area (Å²) in [4.78, 5) is 42.4. The van der Waals surface area contributed by atoms with Gasteiger partial charge in [0.2, 0.25) is 5.91 Å². The van der Waals surface area contributed by atoms with Crippen LogP contribution in [0.3, 0.4) is 0 Å². The fourth-order valence-corrected chi connectivity index (χ4v) is 3.32. The van der Waals surface area contributed by atoms with Crippen LogP contribution >= 0.6 is 11.3 Å². The molecule has 3 aromatic rings. The third kappa shape index (κ3) is 6.76. The maximum Gasteiger partial charge on any atom is 0.289 e. The SMILES string of the molecule is COc1ccc(NNC(=O)c2cscn2)cc1NC(=O)c1ccc(NC(=O)CN(C)C)cc1. The second-order valence-corrected chi connectivity index (χ2v) is 7.90. The van der Waals surface area contributed by atoms with Crippen molar-refractivity contribution in [2.75, 3.05) is 43.8 Å². The Bertz CT molecular complexity index is 1120. The van der Waals surface area contributed by atoms with Crippen molar-refractivity contribution in [1.29, 1.82) is 0 Å². The zero-order valence-corrected chi connectivity index (χ0v) is 19.2. The van der Waals surface area contributed by atoms with Crippen molar-refractivity contribution >= 4 is 46.1 Å². The molecule has 0 unspecified atom stereocenters. The van der Waals surface area contributed by atoms with Crippen molar-refractivity contribution in [3.8, 4) is 5.75 Å². The topological polar surface area (TPSA) is 125 Å². The molecule has 0 atom stereocenters. The first-order valence-electron chi connectivity index (χ1n) is 9.84. The number of ether oxygens (including phenoxy) is 1. The molecular weight excluding hydrogens is 444 g/mol. The molecule has 0 fully saturated rings. The highest BCUT2D eigenvalue weighted by atomic mass is 32.1. The van der Waals surface area contributed by atoms with Crippen LogP contribution in [0, 0.1) is 0 Å². The lowest BCUT2D eigenvalue weighted by atomic mass is 10.1. The summed E-state index contributed by atoms with van der Waals surface area (Å²) in [6.07, 6.45) is 0. The van der Waals surface area contributed by atoms with Crippen molar-refractivity contribution in [2.45, 2.75) is 0 Å². The molecule has 0 saturated heterocycles. The van der Waals surface area contributed by atoms with Gasteiger partial charge in [0, 0.05) is 16.6 Å². The van der Waals surface area contributed by atoms with Crippen LogP contribution in [-0.2, 0) is 4.79 Å². The van der Waals surface area contributed by atoms with Crippen molar-refractivity contribution in [1.82, 2.24) is 15.3 Å². The zero-order chi connectivity index (χ0) is 23.8. The number of thiazole rings is 1. The quantitative estimate of drug-likeness (QED) is 0.356. The van der Waals surface area contributed by atoms with Crippen LogP contribution in [0.2, 0.25) is 0 Å². The number of nitrogens with zero attached hydrogens (tertiary/aromatic N) is 2. The first kappa shape index (κ1) is 23.7. The summed E-state index contributed by atoms with van der Waals surface area (Å²) in [5.41, 5.74) is 9.16. The fourth-order valence-electron chi connectivity index (χ4n) is 2.79. The molecule has 0 aliphatic carbocycles. The van der Waals surface area contributed by atoms with Gasteiger partial charge in [-0.1, -0.05) is 0 Å². The Kier molecular flexibility index (Phi) is 7.95. The Morgan fingerprint density at radius 3 is 2.36 bits per heavy atom. The van der Waals surface area contributed by atoms with Gasteiger partial charge < -0.3 is 20.3 Å². The van der Waals surface area contributed by atoms with Gasteiger partial charge in [0.05, 0.1) is 30.5 Å². The number of likely N-dealkylation sites (N-methyl/N-ethyl adjacent to an activating group) is 1. The molecule has 0 radical (unpaired) electrons. The third-order valence-electron chi connectivity index (χ3n) is 4.32. The first-order valence-corrected chi connectivity index (χ1v) is 10.8. The number of benzene rings is 2. The van der Waals surface area contributed by atoms with E-state index in [0.717, 1.165) is 0 Å². The normalized spacial score (nSPS) is 10.4. The van der Waals surface area contributed by atoms with Crippen LogP contribution in [0.4, 0.5) is 17.1 Å². The molecule has 2 aromatic carbocycles. The minimum atomic E-state index is -0.379. The summed E-state index contributed by atoms with van der Waals surface area (Å²) in [7, 11) is 5.11. The molecule has 0 bridgehead atoms. The van der Waals surface area contributed by atoms with Gasteiger partial charge in [0.15, 0.2) is 0 Å². The maximum absolute atomic E-state index is 12.7. The number of methoxy groups -OCH3 is 1. The maximum atomic E-state index is 12.7. The van der Waals surface area contributed by atoms with E-state index in [0.29, 0.717) is 34.1 Å². The Morgan fingerprint density at radius 2 is 1.73 bits per heavy atom. The van der Waals surface area contributed by atoms with Crippen molar-refractivity contribution in [3.05, 3.63) is 64.6 Å². The highest BCUT2D eigenvalue weighted by Gasteiger charge is 2.13. The predicted molar refractivity (Wildman–Crippen MR) is 128 cm³/mol. The molecule has 1 aromatic heterocycles. The molecule has 3 amide bonds. The Morgan fingerprint density at radius 1 is 1.00 bits per heavy atom. The molecule has 11 heteroatoms. The van der Waals surface area contributed by atoms with Crippen LogP contribution < -0.4 is 26.2 Å². The van der Waals surface area contributed by atoms with Crippen LogP contribution in [0.5, 0.6) is 5.75 Å². The lowest BCUT2D eigenvalue weighted by molar-refractivity contribution is -0.116. The molecule has 0 aliphatic rings. The molecule has 3 rings (SSSR count). The molecule has 0 saturated carbocycles. The molecular formula is C22H24N6O4S. The molecule has 33 heavy (non-hydrogen) atoms. The molecule has 4 N–H and O–H groups in total. The van der Waals surface area contributed by atoms with E-state index in [1.165, 1.54) is 18.4 Å². The smallest absolute Gasteiger partial charge is 0.289 e. The summed E-state index contributed by atoms with van der Waals surface area (Å²) in [6, 6.07) is 11.5. The van der Waals surface area contributed by atoms with E-state index in [9.17, 15) is 14.4 Å². The summed E-state index contributed by atoms with van der Waals surface area (Å²) in [5.74, 6) is -0.432. The van der Waals surface area contributed by atoms with E-state index < -0.39 is 0 Å². The first-order chi connectivity index (χ1) is 15.9. The minimum Gasteiger partial charge on any atom is -0.495 e. The molecule has 10 nitrogen and oxygen atoms in total. The van der Waals surface area contributed by atoms with E-state index in [1.807, 2.05) is 0 Å². The van der Waals surface area contributed by atoms with Crippen LogP contribution in [0.1, 0.15) is 20.8 Å². The summed E-state index contributed by atoms with van der Waals surface area (Å²) in [6.45, 7) is 0.261. The number of amides is 3. The number of carbonyl (C=O) groups is 3. The van der Waals surface area contributed by atoms with Gasteiger partial charge in [-0.25, -0.2) is 4.98 Å². The minimum absolute atomic E-state index is 0.145. The van der Waals surface area contributed by atoms with Crippen LogP contribution in [-0.4, -0.2) is 55.4 Å². The van der Waals surface area contributed by atoms with Crippen LogP contribution in [0.15, 0.2) is 53.4 Å². The van der Waals surface area contributed by atoms with E-state index in [1.54, 1.807) is 72.4 Å². The van der Waals surface area contributed by atoms with Gasteiger partial charge in [-0.15, -0.1) is 11.3 Å². The number of hydrogen-bond donors (Lipinski definition) is 4. The summed E-state index contributed by atoms with van der Waals surface area (Å²) in [5, 5.41) is 7.20. The molecule has 0 spiro atoms. The van der Waals surface area contributed by atoms with E-state index >= 15 is 0 Å². The van der Waals surface area contributed by atoms with Gasteiger partial charge in [0.25, 0.3) is 11.8 Å². The van der Waals surface area contributed by atoms with Gasteiger partial charge in [-0.2, -0.15) is 0 Å². The average molecular weight is 469 g/mol. The Balaban J connectivity index is 1.64. The Labute approximate surface area is 194 Å². The van der Waals surface area contributed by atoms with E-state index in [4.69, 9.17) is 4.74 Å². The van der Waals surface area contributed by atoms with E-state index in [-0.39, 0.29) is 24.3 Å².